The Morgan fingerprint density at radius 3 is 2.95 bits per heavy atom. The van der Waals surface area contributed by atoms with Crippen molar-refractivity contribution in [2.24, 2.45) is 11.8 Å². The van der Waals surface area contributed by atoms with Gasteiger partial charge in [-0.1, -0.05) is 20.3 Å². The zero-order valence-corrected chi connectivity index (χ0v) is 11.4. The van der Waals surface area contributed by atoms with Crippen molar-refractivity contribution in [3.63, 3.8) is 0 Å². The van der Waals surface area contributed by atoms with Crippen molar-refractivity contribution in [2.75, 3.05) is 0 Å². The highest BCUT2D eigenvalue weighted by molar-refractivity contribution is 6.00. The first-order chi connectivity index (χ1) is 9.02. The highest BCUT2D eigenvalue weighted by Crippen LogP contribution is 2.46. The van der Waals surface area contributed by atoms with Gasteiger partial charge in [0.05, 0.1) is 12.0 Å². The molecule has 102 valence electrons. The van der Waals surface area contributed by atoms with Gasteiger partial charge in [-0.25, -0.2) is 4.39 Å². The molecular weight excluding hydrogens is 243 g/mol. The maximum atomic E-state index is 13.2. The van der Waals surface area contributed by atoms with E-state index in [-0.39, 0.29) is 17.2 Å². The normalized spacial score (nSPS) is 33.9. The van der Waals surface area contributed by atoms with Gasteiger partial charge in [0.15, 0.2) is 5.78 Å². The third-order valence-electron chi connectivity index (χ3n) is 4.96. The van der Waals surface area contributed by atoms with Crippen LogP contribution in [0.1, 0.15) is 49.9 Å². The molecule has 1 aromatic rings. The number of fused-ring (bicyclic) bond motifs is 1. The molecule has 1 aliphatic heterocycles. The summed E-state index contributed by atoms with van der Waals surface area (Å²) in [4.78, 5) is 12.3. The second kappa shape index (κ2) is 4.32. The summed E-state index contributed by atoms with van der Waals surface area (Å²) in [6.07, 6.45) is 3.59. The highest BCUT2D eigenvalue weighted by atomic mass is 19.1. The number of hydrogen-bond acceptors (Lipinski definition) is 2. The molecule has 0 radical (unpaired) electrons. The summed E-state index contributed by atoms with van der Waals surface area (Å²) >= 11 is 0. The van der Waals surface area contributed by atoms with Gasteiger partial charge in [-0.05, 0) is 42.9 Å². The number of ketones is 1. The standard InChI is InChI=1S/C16H19FO2/c1-10-4-3-7-16(11(10)2)9-14(18)13-8-12(17)5-6-15(13)19-16/h5-6,8,10-11H,3-4,7,9H2,1-2H3. The summed E-state index contributed by atoms with van der Waals surface area (Å²) in [5, 5.41) is 0. The summed E-state index contributed by atoms with van der Waals surface area (Å²) in [6, 6.07) is 4.25. The molecule has 3 rings (SSSR count). The molecule has 1 spiro atoms. The minimum Gasteiger partial charge on any atom is -0.486 e. The fourth-order valence-electron chi connectivity index (χ4n) is 3.54. The summed E-state index contributed by atoms with van der Waals surface area (Å²) in [5.74, 6) is 1.10. The highest BCUT2D eigenvalue weighted by Gasteiger charge is 2.48. The van der Waals surface area contributed by atoms with E-state index in [4.69, 9.17) is 4.74 Å². The number of rotatable bonds is 0. The Balaban J connectivity index is 2.00. The SMILES string of the molecule is CC1CCCC2(CC(=O)c3cc(F)ccc3O2)C1C. The molecule has 0 N–H and O–H groups in total. The number of benzene rings is 1. The minimum absolute atomic E-state index is 0.0155. The Morgan fingerprint density at radius 2 is 2.16 bits per heavy atom. The van der Waals surface area contributed by atoms with Gasteiger partial charge in [0.2, 0.25) is 0 Å². The number of Topliss-reactive ketones (excluding diaryl/α,β-unsaturated/α-hetero) is 1. The molecule has 0 amide bonds. The zero-order chi connectivity index (χ0) is 13.6. The van der Waals surface area contributed by atoms with Crippen molar-refractivity contribution in [3.8, 4) is 5.75 Å². The van der Waals surface area contributed by atoms with E-state index in [9.17, 15) is 9.18 Å². The third-order valence-corrected chi connectivity index (χ3v) is 4.96. The third kappa shape index (κ3) is 1.96. The molecule has 1 aromatic carbocycles. The van der Waals surface area contributed by atoms with Crippen LogP contribution in [0.3, 0.4) is 0 Å². The second-order valence-corrected chi connectivity index (χ2v) is 6.07. The number of halogens is 1. The quantitative estimate of drug-likeness (QED) is 0.706. The lowest BCUT2D eigenvalue weighted by molar-refractivity contribution is -0.0467. The van der Waals surface area contributed by atoms with Crippen molar-refractivity contribution < 1.29 is 13.9 Å². The lowest BCUT2D eigenvalue weighted by Crippen LogP contribution is -2.51. The van der Waals surface area contributed by atoms with Crippen molar-refractivity contribution in [1.82, 2.24) is 0 Å². The Bertz CT molecular complexity index is 525. The Kier molecular flexibility index (Phi) is 2.88. The summed E-state index contributed by atoms with van der Waals surface area (Å²) < 4.78 is 19.4. The van der Waals surface area contributed by atoms with Crippen molar-refractivity contribution in [3.05, 3.63) is 29.6 Å². The van der Waals surface area contributed by atoms with Crippen LogP contribution in [-0.2, 0) is 0 Å². The van der Waals surface area contributed by atoms with E-state index in [0.717, 1.165) is 12.8 Å². The topological polar surface area (TPSA) is 26.3 Å². The lowest BCUT2D eigenvalue weighted by Gasteiger charge is -2.47. The van der Waals surface area contributed by atoms with E-state index in [2.05, 4.69) is 13.8 Å². The van der Waals surface area contributed by atoms with Crippen molar-refractivity contribution >= 4 is 5.78 Å². The van der Waals surface area contributed by atoms with Gasteiger partial charge >= 0.3 is 0 Å². The summed E-state index contributed by atoms with van der Waals surface area (Å²) in [6.45, 7) is 4.39. The molecule has 3 heteroatoms. The van der Waals surface area contributed by atoms with Crippen molar-refractivity contribution in [1.29, 1.82) is 0 Å². The van der Waals surface area contributed by atoms with Crippen LogP contribution in [0, 0.1) is 17.7 Å². The van der Waals surface area contributed by atoms with E-state index in [0.29, 0.717) is 29.6 Å². The summed E-state index contributed by atoms with van der Waals surface area (Å²) in [5.41, 5.74) is 0.0237. The molecule has 1 saturated carbocycles. The molecule has 1 fully saturated rings. The molecule has 19 heavy (non-hydrogen) atoms. The first-order valence-corrected chi connectivity index (χ1v) is 7.04. The monoisotopic (exact) mass is 262 g/mol. The lowest BCUT2D eigenvalue weighted by atomic mass is 9.67. The molecule has 2 nitrogen and oxygen atoms in total. The molecule has 3 unspecified atom stereocenters. The molecule has 0 saturated heterocycles. The van der Waals surface area contributed by atoms with Crippen molar-refractivity contribution in [2.45, 2.75) is 45.1 Å². The van der Waals surface area contributed by atoms with E-state index in [1.54, 1.807) is 6.07 Å². The molecule has 1 aliphatic carbocycles. The molecule has 1 heterocycles. The Morgan fingerprint density at radius 1 is 1.37 bits per heavy atom. The van der Waals surface area contributed by atoms with Crippen LogP contribution in [0.2, 0.25) is 0 Å². The van der Waals surface area contributed by atoms with Crippen LogP contribution < -0.4 is 4.74 Å². The summed E-state index contributed by atoms with van der Waals surface area (Å²) in [7, 11) is 0. The molecule has 2 aliphatic rings. The Hall–Kier alpha value is -1.38. The number of hydrogen-bond donors (Lipinski definition) is 0. The van der Waals surface area contributed by atoms with Gasteiger partial charge < -0.3 is 4.74 Å². The molecule has 3 atom stereocenters. The van der Waals surface area contributed by atoms with Gasteiger partial charge in [0.25, 0.3) is 0 Å². The predicted octanol–water partition coefficient (Wildman–Crippen LogP) is 3.99. The fourth-order valence-corrected chi connectivity index (χ4v) is 3.54. The molecular formula is C16H19FO2. The largest absolute Gasteiger partial charge is 0.486 e. The molecule has 0 aromatic heterocycles. The fraction of sp³-hybridized carbons (Fsp3) is 0.562. The maximum Gasteiger partial charge on any atom is 0.170 e. The average Bonchev–Trinajstić information content (AvgIpc) is 2.37. The van der Waals surface area contributed by atoms with Crippen LogP contribution in [-0.4, -0.2) is 11.4 Å². The van der Waals surface area contributed by atoms with Crippen LogP contribution >= 0.6 is 0 Å². The van der Waals surface area contributed by atoms with Crippen LogP contribution in [0.25, 0.3) is 0 Å². The predicted molar refractivity (Wildman–Crippen MR) is 70.9 cm³/mol. The van der Waals surface area contributed by atoms with Gasteiger partial charge in [0.1, 0.15) is 17.2 Å². The maximum absolute atomic E-state index is 13.2. The average molecular weight is 262 g/mol. The van der Waals surface area contributed by atoms with Gasteiger partial charge in [-0.15, -0.1) is 0 Å². The van der Waals surface area contributed by atoms with Crippen LogP contribution in [0.5, 0.6) is 5.75 Å². The van der Waals surface area contributed by atoms with Gasteiger partial charge in [-0.3, -0.25) is 4.79 Å². The Labute approximate surface area is 113 Å². The first-order valence-electron chi connectivity index (χ1n) is 7.04. The van der Waals surface area contributed by atoms with E-state index >= 15 is 0 Å². The molecule has 0 bridgehead atoms. The van der Waals surface area contributed by atoms with Crippen LogP contribution in [0.15, 0.2) is 18.2 Å². The number of carbonyl (C=O) groups excluding carboxylic acids is 1. The second-order valence-electron chi connectivity index (χ2n) is 6.07. The van der Waals surface area contributed by atoms with Crippen LogP contribution in [0.4, 0.5) is 4.39 Å². The number of ether oxygens (including phenoxy) is 1. The zero-order valence-electron chi connectivity index (χ0n) is 11.4. The van der Waals surface area contributed by atoms with E-state index < -0.39 is 0 Å². The first kappa shape index (κ1) is 12.6. The minimum atomic E-state index is -0.378. The van der Waals surface area contributed by atoms with Gasteiger partial charge in [-0.2, -0.15) is 0 Å². The van der Waals surface area contributed by atoms with Gasteiger partial charge in [0, 0.05) is 0 Å². The number of carbonyl (C=O) groups is 1. The van der Waals surface area contributed by atoms with E-state index in [1.807, 2.05) is 0 Å². The smallest absolute Gasteiger partial charge is 0.170 e. The van der Waals surface area contributed by atoms with E-state index in [1.165, 1.54) is 18.6 Å².